The number of hydrogen-bond donors (Lipinski definition) is 1. The highest BCUT2D eigenvalue weighted by Gasteiger charge is 2.28. The van der Waals surface area contributed by atoms with Crippen LogP contribution in [-0.4, -0.2) is 42.2 Å². The minimum atomic E-state index is -2.57. The van der Waals surface area contributed by atoms with Crippen LogP contribution in [-0.2, 0) is 9.59 Å². The summed E-state index contributed by atoms with van der Waals surface area (Å²) in [6, 6.07) is 15.8. The molecule has 1 N–H and O–H groups in total. The van der Waals surface area contributed by atoms with Crippen molar-refractivity contribution in [1.29, 1.82) is 0 Å². The topological polar surface area (TPSA) is 58.6 Å². The summed E-state index contributed by atoms with van der Waals surface area (Å²) in [7, 11) is 0. The summed E-state index contributed by atoms with van der Waals surface area (Å²) in [4.78, 5) is 27.2. The van der Waals surface area contributed by atoms with Crippen LogP contribution >= 0.6 is 11.8 Å². The van der Waals surface area contributed by atoms with Gasteiger partial charge in [0.25, 0.3) is 5.76 Å². The summed E-state index contributed by atoms with van der Waals surface area (Å²) < 4.78 is 31.1. The van der Waals surface area contributed by atoms with Crippen molar-refractivity contribution in [2.75, 3.05) is 25.0 Å². The minimum Gasteiger partial charge on any atom is -0.493 e. The number of rotatable bonds is 8. The van der Waals surface area contributed by atoms with Gasteiger partial charge in [-0.1, -0.05) is 42.1 Å². The summed E-state index contributed by atoms with van der Waals surface area (Å²) in [5.41, 5.74) is 0.368. The Balaban J connectivity index is 1.51. The first kappa shape index (κ1) is 22.1. The van der Waals surface area contributed by atoms with Gasteiger partial charge in [-0.3, -0.25) is 9.59 Å². The molecule has 1 aliphatic rings. The molecule has 1 aliphatic heterocycles. The number of para-hydroxylation sites is 2. The lowest BCUT2D eigenvalue weighted by molar-refractivity contribution is -0.135. The molecule has 1 fully saturated rings. The van der Waals surface area contributed by atoms with E-state index in [-0.39, 0.29) is 30.8 Å². The molecular weight excluding hydrogens is 410 g/mol. The van der Waals surface area contributed by atoms with Crippen molar-refractivity contribution in [3.63, 3.8) is 0 Å². The van der Waals surface area contributed by atoms with Gasteiger partial charge in [-0.2, -0.15) is 8.78 Å². The molecule has 2 amide bonds. The Morgan fingerprint density at radius 1 is 1.13 bits per heavy atom. The summed E-state index contributed by atoms with van der Waals surface area (Å²) in [5.74, 6) is -2.54. The first-order valence-electron chi connectivity index (χ1n) is 9.83. The molecule has 2 aromatic rings. The maximum atomic E-state index is 12.7. The van der Waals surface area contributed by atoms with Gasteiger partial charge in [0.2, 0.25) is 11.8 Å². The largest absolute Gasteiger partial charge is 0.493 e. The molecule has 0 radical (unpaired) electrons. The third-order valence-electron chi connectivity index (χ3n) is 4.83. The summed E-state index contributed by atoms with van der Waals surface area (Å²) in [6.45, 7) is 1.19. The van der Waals surface area contributed by atoms with Crippen LogP contribution in [0.5, 0.6) is 5.75 Å². The van der Waals surface area contributed by atoms with Gasteiger partial charge < -0.3 is 15.0 Å². The fourth-order valence-electron chi connectivity index (χ4n) is 3.35. The lowest BCUT2D eigenvalue weighted by Gasteiger charge is -2.32. The van der Waals surface area contributed by atoms with Crippen LogP contribution in [0.2, 0.25) is 0 Å². The summed E-state index contributed by atoms with van der Waals surface area (Å²) >= 11 is 0.400. The number of amides is 2. The number of carbonyl (C=O) groups excluding carboxylic acids is 2. The quantitative estimate of drug-likeness (QED) is 0.615. The molecule has 30 heavy (non-hydrogen) atoms. The van der Waals surface area contributed by atoms with E-state index in [0.29, 0.717) is 47.6 Å². The predicted molar refractivity (Wildman–Crippen MR) is 113 cm³/mol. The fourth-order valence-corrected chi connectivity index (χ4v) is 3.95. The number of alkyl halides is 2. The summed E-state index contributed by atoms with van der Waals surface area (Å²) in [6.07, 6.45) is 1.61. The number of anilines is 1. The number of ether oxygens (including phenoxy) is 1. The second-order valence-electron chi connectivity index (χ2n) is 6.95. The van der Waals surface area contributed by atoms with Crippen molar-refractivity contribution in [2.24, 2.45) is 5.92 Å². The number of nitrogens with zero attached hydrogens (tertiary/aromatic N) is 1. The first-order chi connectivity index (χ1) is 14.5. The molecule has 3 rings (SSSR count). The van der Waals surface area contributed by atoms with Gasteiger partial charge in [-0.15, -0.1) is 0 Å². The molecule has 8 heteroatoms. The monoisotopic (exact) mass is 434 g/mol. The standard InChI is InChI=1S/C22H24F2N2O3S/c23-22(24)30-19-11-5-4-10-18(19)25-21(28)16-7-6-13-26(15-16)20(27)12-14-29-17-8-2-1-3-9-17/h1-5,8-11,16,22H,6-7,12-15H2,(H,25,28). The van der Waals surface area contributed by atoms with E-state index >= 15 is 0 Å². The van der Waals surface area contributed by atoms with E-state index in [2.05, 4.69) is 5.32 Å². The zero-order valence-electron chi connectivity index (χ0n) is 16.4. The van der Waals surface area contributed by atoms with E-state index < -0.39 is 5.76 Å². The van der Waals surface area contributed by atoms with Gasteiger partial charge in [0, 0.05) is 18.0 Å². The Hall–Kier alpha value is -2.61. The van der Waals surface area contributed by atoms with E-state index in [1.54, 1.807) is 29.2 Å². The predicted octanol–water partition coefficient (Wildman–Crippen LogP) is 4.65. The number of carbonyl (C=O) groups is 2. The highest BCUT2D eigenvalue weighted by molar-refractivity contribution is 7.99. The number of piperidine rings is 1. The van der Waals surface area contributed by atoms with Crippen molar-refractivity contribution in [2.45, 2.75) is 29.9 Å². The number of hydrogen-bond acceptors (Lipinski definition) is 4. The highest BCUT2D eigenvalue weighted by Crippen LogP contribution is 2.32. The van der Waals surface area contributed by atoms with E-state index in [4.69, 9.17) is 4.74 Å². The third-order valence-corrected chi connectivity index (χ3v) is 5.62. The smallest absolute Gasteiger partial charge is 0.288 e. The SMILES string of the molecule is O=C(Nc1ccccc1SC(F)F)C1CCCN(C(=O)CCOc2ccccc2)C1. The van der Waals surface area contributed by atoms with Crippen molar-refractivity contribution in [1.82, 2.24) is 4.90 Å². The van der Waals surface area contributed by atoms with Crippen LogP contribution in [0.25, 0.3) is 0 Å². The number of nitrogens with one attached hydrogen (secondary N) is 1. The maximum Gasteiger partial charge on any atom is 0.288 e. The van der Waals surface area contributed by atoms with Crippen LogP contribution in [0.4, 0.5) is 14.5 Å². The molecular formula is C22H24F2N2O3S. The van der Waals surface area contributed by atoms with Gasteiger partial charge in [-0.25, -0.2) is 0 Å². The molecule has 0 saturated carbocycles. The Labute approximate surface area is 178 Å². The zero-order chi connectivity index (χ0) is 21.3. The third kappa shape index (κ3) is 6.45. The molecule has 0 aromatic heterocycles. The molecule has 0 aliphatic carbocycles. The number of thioether (sulfide) groups is 1. The van der Waals surface area contributed by atoms with Crippen LogP contribution in [0.15, 0.2) is 59.5 Å². The van der Waals surface area contributed by atoms with Crippen LogP contribution in [0, 0.1) is 5.92 Å². The fraction of sp³-hybridized carbons (Fsp3) is 0.364. The Kier molecular flexibility index (Phi) is 8.07. The Morgan fingerprint density at radius 2 is 1.87 bits per heavy atom. The van der Waals surface area contributed by atoms with Crippen molar-refractivity contribution < 1.29 is 23.1 Å². The van der Waals surface area contributed by atoms with E-state index in [1.165, 1.54) is 0 Å². The molecule has 160 valence electrons. The van der Waals surface area contributed by atoms with Crippen molar-refractivity contribution >= 4 is 29.3 Å². The van der Waals surface area contributed by atoms with E-state index in [0.717, 1.165) is 6.42 Å². The molecule has 1 saturated heterocycles. The average Bonchev–Trinajstić information content (AvgIpc) is 2.75. The van der Waals surface area contributed by atoms with Crippen LogP contribution in [0.3, 0.4) is 0 Å². The van der Waals surface area contributed by atoms with Crippen LogP contribution < -0.4 is 10.1 Å². The lowest BCUT2D eigenvalue weighted by atomic mass is 9.96. The molecule has 0 spiro atoms. The number of halogens is 2. The number of benzene rings is 2. The molecule has 1 heterocycles. The van der Waals surface area contributed by atoms with E-state index in [9.17, 15) is 18.4 Å². The minimum absolute atomic E-state index is 0.0583. The van der Waals surface area contributed by atoms with E-state index in [1.807, 2.05) is 30.3 Å². The van der Waals surface area contributed by atoms with Crippen molar-refractivity contribution in [3.05, 3.63) is 54.6 Å². The van der Waals surface area contributed by atoms with Gasteiger partial charge in [0.05, 0.1) is 24.6 Å². The first-order valence-corrected chi connectivity index (χ1v) is 10.7. The average molecular weight is 435 g/mol. The normalized spacial score (nSPS) is 16.4. The Morgan fingerprint density at radius 3 is 2.63 bits per heavy atom. The molecule has 2 aromatic carbocycles. The molecule has 0 bridgehead atoms. The highest BCUT2D eigenvalue weighted by atomic mass is 32.2. The Bertz CT molecular complexity index is 851. The van der Waals surface area contributed by atoms with Gasteiger partial charge in [-0.05, 0) is 37.1 Å². The maximum absolute atomic E-state index is 12.7. The number of likely N-dealkylation sites (tertiary alicyclic amines) is 1. The van der Waals surface area contributed by atoms with Gasteiger partial charge >= 0.3 is 0 Å². The summed E-state index contributed by atoms with van der Waals surface area (Å²) in [5, 5.41) is 2.75. The second kappa shape index (κ2) is 11.0. The molecule has 1 unspecified atom stereocenters. The van der Waals surface area contributed by atoms with Crippen molar-refractivity contribution in [3.8, 4) is 5.75 Å². The van der Waals surface area contributed by atoms with Gasteiger partial charge in [0.1, 0.15) is 5.75 Å². The van der Waals surface area contributed by atoms with Crippen LogP contribution in [0.1, 0.15) is 19.3 Å². The zero-order valence-corrected chi connectivity index (χ0v) is 17.2. The van der Waals surface area contributed by atoms with Gasteiger partial charge in [0.15, 0.2) is 0 Å². The lowest BCUT2D eigenvalue weighted by Crippen LogP contribution is -2.44. The molecule has 5 nitrogen and oxygen atoms in total. The second-order valence-corrected chi connectivity index (χ2v) is 7.99. The molecule has 1 atom stereocenters.